The maximum atomic E-state index is 11.8. The number of benzene rings is 1. The third kappa shape index (κ3) is 3.86. The molecule has 1 unspecified atom stereocenters. The number of hydrogen-bond acceptors (Lipinski definition) is 5. The van der Waals surface area contributed by atoms with Crippen LogP contribution in [-0.4, -0.2) is 57.4 Å². The zero-order valence-electron chi connectivity index (χ0n) is 12.5. The van der Waals surface area contributed by atoms with Gasteiger partial charge < -0.3 is 24.8 Å². The van der Waals surface area contributed by atoms with Gasteiger partial charge in [0.1, 0.15) is 6.61 Å². The minimum Gasteiger partial charge on any atom is -0.493 e. The zero-order valence-corrected chi connectivity index (χ0v) is 12.5. The van der Waals surface area contributed by atoms with Crippen molar-refractivity contribution < 1.29 is 19.0 Å². The molecule has 116 valence electrons. The van der Waals surface area contributed by atoms with Gasteiger partial charge in [0.05, 0.1) is 20.3 Å². The van der Waals surface area contributed by atoms with Crippen LogP contribution in [-0.2, 0) is 16.0 Å². The van der Waals surface area contributed by atoms with E-state index >= 15 is 0 Å². The topological polar surface area (TPSA) is 74.0 Å². The molecule has 0 aromatic heterocycles. The molecule has 1 amide bonds. The highest BCUT2D eigenvalue weighted by Gasteiger charge is 2.24. The third-order valence-corrected chi connectivity index (χ3v) is 3.60. The first-order chi connectivity index (χ1) is 10.2. The van der Waals surface area contributed by atoms with Crippen LogP contribution in [0.1, 0.15) is 5.56 Å². The van der Waals surface area contributed by atoms with E-state index in [1.807, 2.05) is 18.2 Å². The smallest absolute Gasteiger partial charge is 0.248 e. The average molecular weight is 294 g/mol. The molecule has 2 rings (SSSR count). The number of hydrogen-bond donors (Lipinski definition) is 1. The average Bonchev–Trinajstić information content (AvgIpc) is 2.53. The van der Waals surface area contributed by atoms with Crippen molar-refractivity contribution in [2.75, 3.05) is 40.5 Å². The van der Waals surface area contributed by atoms with Crippen LogP contribution in [0, 0.1) is 0 Å². The van der Waals surface area contributed by atoms with Crippen LogP contribution in [0.25, 0.3) is 0 Å². The van der Waals surface area contributed by atoms with Crippen LogP contribution in [0.3, 0.4) is 0 Å². The van der Waals surface area contributed by atoms with Crippen molar-refractivity contribution in [2.24, 2.45) is 5.73 Å². The van der Waals surface area contributed by atoms with Gasteiger partial charge in [-0.25, -0.2) is 0 Å². The fourth-order valence-electron chi connectivity index (χ4n) is 2.34. The van der Waals surface area contributed by atoms with Gasteiger partial charge in [-0.1, -0.05) is 6.07 Å². The summed E-state index contributed by atoms with van der Waals surface area (Å²) in [7, 11) is 3.22. The van der Waals surface area contributed by atoms with Crippen molar-refractivity contribution in [2.45, 2.75) is 12.5 Å². The largest absolute Gasteiger partial charge is 0.493 e. The molecule has 2 N–H and O–H groups in total. The highest BCUT2D eigenvalue weighted by Crippen LogP contribution is 2.27. The number of carbonyl (C=O) groups excluding carboxylic acids is 1. The minimum absolute atomic E-state index is 0.0141. The Hall–Kier alpha value is -1.79. The van der Waals surface area contributed by atoms with E-state index in [4.69, 9.17) is 19.9 Å². The highest BCUT2D eigenvalue weighted by molar-refractivity contribution is 5.78. The number of ether oxygens (including phenoxy) is 3. The molecule has 1 aromatic carbocycles. The van der Waals surface area contributed by atoms with E-state index in [9.17, 15) is 4.79 Å². The molecular weight excluding hydrogens is 272 g/mol. The van der Waals surface area contributed by atoms with Crippen molar-refractivity contribution in [3.63, 3.8) is 0 Å². The molecule has 1 heterocycles. The van der Waals surface area contributed by atoms with Crippen molar-refractivity contribution in [3.8, 4) is 11.5 Å². The Morgan fingerprint density at radius 2 is 2.10 bits per heavy atom. The number of morpholine rings is 1. The van der Waals surface area contributed by atoms with Gasteiger partial charge in [-0.15, -0.1) is 0 Å². The second kappa shape index (κ2) is 7.28. The summed E-state index contributed by atoms with van der Waals surface area (Å²) in [4.78, 5) is 13.6. The molecule has 1 saturated heterocycles. The molecule has 1 aliphatic rings. The number of rotatable bonds is 6. The lowest BCUT2D eigenvalue weighted by Crippen LogP contribution is -2.49. The summed E-state index contributed by atoms with van der Waals surface area (Å²) in [6.45, 7) is 1.75. The molecule has 1 fully saturated rings. The molecule has 6 heteroatoms. The summed E-state index contributed by atoms with van der Waals surface area (Å²) in [6.07, 6.45) is 0.691. The Labute approximate surface area is 124 Å². The van der Waals surface area contributed by atoms with Crippen LogP contribution in [0.15, 0.2) is 18.2 Å². The van der Waals surface area contributed by atoms with Gasteiger partial charge in [-0.3, -0.25) is 4.79 Å². The number of carbonyl (C=O) groups is 1. The molecule has 6 nitrogen and oxygen atoms in total. The Morgan fingerprint density at radius 3 is 2.76 bits per heavy atom. The van der Waals surface area contributed by atoms with E-state index in [0.717, 1.165) is 12.0 Å². The Kier molecular flexibility index (Phi) is 5.41. The number of nitrogens with two attached hydrogens (primary N) is 1. The number of methoxy groups -OCH3 is 2. The maximum absolute atomic E-state index is 11.8. The van der Waals surface area contributed by atoms with E-state index in [1.165, 1.54) is 0 Å². The number of amides is 1. The van der Waals surface area contributed by atoms with E-state index in [-0.39, 0.29) is 18.6 Å². The molecule has 1 aromatic rings. The van der Waals surface area contributed by atoms with Crippen molar-refractivity contribution in [1.29, 1.82) is 0 Å². The molecule has 0 bridgehead atoms. The van der Waals surface area contributed by atoms with Crippen LogP contribution in [0.5, 0.6) is 11.5 Å². The van der Waals surface area contributed by atoms with Crippen molar-refractivity contribution in [3.05, 3.63) is 23.8 Å². The molecule has 1 atom stereocenters. The molecule has 1 aliphatic heterocycles. The lowest BCUT2D eigenvalue weighted by atomic mass is 10.1. The molecule has 21 heavy (non-hydrogen) atoms. The lowest BCUT2D eigenvalue weighted by molar-refractivity contribution is -0.148. The van der Waals surface area contributed by atoms with Crippen LogP contribution in [0.2, 0.25) is 0 Å². The number of nitrogens with zero attached hydrogens (tertiary/aromatic N) is 1. The summed E-state index contributed by atoms with van der Waals surface area (Å²) in [5.74, 6) is 1.41. The van der Waals surface area contributed by atoms with Gasteiger partial charge in [-0.2, -0.15) is 0 Å². The first kappa shape index (κ1) is 15.6. The molecular formula is C15H22N2O4. The van der Waals surface area contributed by atoms with Gasteiger partial charge in [0.2, 0.25) is 5.91 Å². The predicted molar refractivity (Wildman–Crippen MR) is 78.6 cm³/mol. The normalized spacial score (nSPS) is 18.7. The van der Waals surface area contributed by atoms with Gasteiger partial charge >= 0.3 is 0 Å². The summed E-state index contributed by atoms with van der Waals surface area (Å²) >= 11 is 0. The van der Waals surface area contributed by atoms with E-state index in [1.54, 1.807) is 19.1 Å². The summed E-state index contributed by atoms with van der Waals surface area (Å²) in [5.41, 5.74) is 6.69. The molecule has 0 aliphatic carbocycles. The molecule has 0 spiro atoms. The van der Waals surface area contributed by atoms with Crippen LogP contribution in [0.4, 0.5) is 0 Å². The Balaban J connectivity index is 1.97. The van der Waals surface area contributed by atoms with Gasteiger partial charge in [0, 0.05) is 19.6 Å². The first-order valence-corrected chi connectivity index (χ1v) is 6.98. The summed E-state index contributed by atoms with van der Waals surface area (Å²) in [6, 6.07) is 5.79. The monoisotopic (exact) mass is 294 g/mol. The summed E-state index contributed by atoms with van der Waals surface area (Å²) in [5, 5.41) is 0. The van der Waals surface area contributed by atoms with E-state index in [2.05, 4.69) is 0 Å². The van der Waals surface area contributed by atoms with Gasteiger partial charge in [0.15, 0.2) is 11.5 Å². The van der Waals surface area contributed by atoms with Crippen molar-refractivity contribution >= 4 is 5.91 Å². The van der Waals surface area contributed by atoms with E-state index < -0.39 is 0 Å². The Bertz CT molecular complexity index is 493. The second-order valence-corrected chi connectivity index (χ2v) is 4.95. The lowest BCUT2D eigenvalue weighted by Gasteiger charge is -2.32. The second-order valence-electron chi connectivity index (χ2n) is 4.95. The van der Waals surface area contributed by atoms with Crippen LogP contribution >= 0.6 is 0 Å². The Morgan fingerprint density at radius 1 is 1.33 bits per heavy atom. The first-order valence-electron chi connectivity index (χ1n) is 6.98. The SMILES string of the molecule is COc1ccc(CCN2CC(CN)OCC2=O)cc1OC. The maximum Gasteiger partial charge on any atom is 0.248 e. The zero-order chi connectivity index (χ0) is 15.2. The molecule has 0 radical (unpaired) electrons. The highest BCUT2D eigenvalue weighted by atomic mass is 16.5. The fourth-order valence-corrected chi connectivity index (χ4v) is 2.34. The van der Waals surface area contributed by atoms with Gasteiger partial charge in [-0.05, 0) is 24.1 Å². The standard InChI is InChI=1S/C15H22N2O4/c1-19-13-4-3-11(7-14(13)20-2)5-6-17-9-12(8-16)21-10-15(17)18/h3-4,7,12H,5-6,8-10,16H2,1-2H3. The van der Waals surface area contributed by atoms with Crippen LogP contribution < -0.4 is 15.2 Å². The van der Waals surface area contributed by atoms with Crippen molar-refractivity contribution in [1.82, 2.24) is 4.90 Å². The quantitative estimate of drug-likeness (QED) is 0.823. The minimum atomic E-state index is -0.0619. The molecule has 0 saturated carbocycles. The predicted octanol–water partition coefficient (Wildman–Crippen LogP) is 0.432. The van der Waals surface area contributed by atoms with Gasteiger partial charge in [0.25, 0.3) is 0 Å². The summed E-state index contributed by atoms with van der Waals surface area (Å²) < 4.78 is 15.8. The fraction of sp³-hybridized carbons (Fsp3) is 0.533. The van der Waals surface area contributed by atoms with E-state index in [0.29, 0.717) is 31.1 Å². The third-order valence-electron chi connectivity index (χ3n) is 3.60.